The zero-order valence-electron chi connectivity index (χ0n) is 18.5. The minimum atomic E-state index is -4.09. The number of hydrogen-bond acceptors (Lipinski definition) is 5. The zero-order valence-corrected chi connectivity index (χ0v) is 20.1. The Kier molecular flexibility index (Phi) is 7.84. The van der Waals surface area contributed by atoms with Crippen LogP contribution < -0.4 is 19.1 Å². The van der Waals surface area contributed by atoms with Gasteiger partial charge in [-0.25, -0.2) is 8.42 Å². The quantitative estimate of drug-likeness (QED) is 0.481. The Balaban J connectivity index is 1.93. The number of nitrogens with zero attached hydrogens (tertiary/aromatic N) is 1. The van der Waals surface area contributed by atoms with Crippen LogP contribution in [0.4, 0.5) is 5.69 Å². The van der Waals surface area contributed by atoms with Crippen molar-refractivity contribution < 1.29 is 22.7 Å². The molecule has 3 aromatic carbocycles. The second kappa shape index (κ2) is 10.6. The topological polar surface area (TPSA) is 84.9 Å². The molecule has 174 valence electrons. The Morgan fingerprint density at radius 2 is 1.67 bits per heavy atom. The maximum atomic E-state index is 13.5. The second-order valence-corrected chi connectivity index (χ2v) is 9.50. The molecule has 0 spiro atoms. The smallest absolute Gasteiger partial charge is 0.264 e. The summed E-state index contributed by atoms with van der Waals surface area (Å²) in [5.74, 6) is 0.486. The van der Waals surface area contributed by atoms with Crippen molar-refractivity contribution in [1.29, 1.82) is 0 Å². The Morgan fingerprint density at radius 3 is 2.27 bits per heavy atom. The van der Waals surface area contributed by atoms with Gasteiger partial charge in [0.1, 0.15) is 18.0 Å². The van der Waals surface area contributed by atoms with Gasteiger partial charge < -0.3 is 14.8 Å². The third-order valence-corrected chi connectivity index (χ3v) is 7.03. The number of methoxy groups -OCH3 is 2. The fourth-order valence-corrected chi connectivity index (χ4v) is 4.88. The van der Waals surface area contributed by atoms with Gasteiger partial charge in [0.25, 0.3) is 10.0 Å². The third kappa shape index (κ3) is 5.77. The van der Waals surface area contributed by atoms with Crippen LogP contribution in [0.25, 0.3) is 0 Å². The summed E-state index contributed by atoms with van der Waals surface area (Å²) in [6.45, 7) is 1.35. The van der Waals surface area contributed by atoms with Gasteiger partial charge in [-0.15, -0.1) is 0 Å². The average molecular weight is 489 g/mol. The van der Waals surface area contributed by atoms with E-state index in [1.807, 2.05) is 19.1 Å². The molecular weight excluding hydrogens is 464 g/mol. The predicted molar refractivity (Wildman–Crippen MR) is 129 cm³/mol. The highest BCUT2D eigenvalue weighted by Crippen LogP contribution is 2.34. The van der Waals surface area contributed by atoms with Crippen LogP contribution in [0.1, 0.15) is 18.5 Å². The maximum Gasteiger partial charge on any atom is 0.264 e. The third-order valence-electron chi connectivity index (χ3n) is 5.02. The first-order valence-corrected chi connectivity index (χ1v) is 11.9. The van der Waals surface area contributed by atoms with Crippen LogP contribution in [0.5, 0.6) is 11.5 Å². The van der Waals surface area contributed by atoms with Gasteiger partial charge >= 0.3 is 0 Å². The molecule has 0 radical (unpaired) electrons. The van der Waals surface area contributed by atoms with E-state index in [4.69, 9.17) is 21.1 Å². The van der Waals surface area contributed by atoms with E-state index in [2.05, 4.69) is 5.32 Å². The van der Waals surface area contributed by atoms with Crippen LogP contribution >= 0.6 is 11.6 Å². The number of carbonyl (C=O) groups excluding carboxylic acids is 1. The summed E-state index contributed by atoms with van der Waals surface area (Å²) < 4.78 is 38.5. The monoisotopic (exact) mass is 488 g/mol. The maximum absolute atomic E-state index is 13.5. The van der Waals surface area contributed by atoms with Gasteiger partial charge in [-0.05, 0) is 55.0 Å². The van der Waals surface area contributed by atoms with E-state index in [1.54, 1.807) is 49.6 Å². The van der Waals surface area contributed by atoms with Crippen LogP contribution in [0.3, 0.4) is 0 Å². The number of ether oxygens (including phenoxy) is 2. The number of anilines is 1. The molecule has 9 heteroatoms. The molecule has 0 aliphatic heterocycles. The molecule has 1 amide bonds. The van der Waals surface area contributed by atoms with E-state index >= 15 is 0 Å². The van der Waals surface area contributed by atoms with Crippen molar-refractivity contribution in [2.75, 3.05) is 25.1 Å². The first kappa shape index (κ1) is 24.4. The molecule has 3 rings (SSSR count). The fourth-order valence-electron chi connectivity index (χ4n) is 3.27. The molecule has 0 saturated heterocycles. The van der Waals surface area contributed by atoms with Gasteiger partial charge in [0, 0.05) is 5.02 Å². The highest BCUT2D eigenvalue weighted by molar-refractivity contribution is 7.92. The number of nitrogens with one attached hydrogen (secondary N) is 1. The number of hydrogen-bond donors (Lipinski definition) is 1. The summed E-state index contributed by atoms with van der Waals surface area (Å²) in [6, 6.07) is 19.4. The van der Waals surface area contributed by atoms with Crippen molar-refractivity contribution in [3.05, 3.63) is 83.4 Å². The Morgan fingerprint density at radius 1 is 1.00 bits per heavy atom. The van der Waals surface area contributed by atoms with Gasteiger partial charge in [-0.3, -0.25) is 9.10 Å². The first-order chi connectivity index (χ1) is 15.8. The van der Waals surface area contributed by atoms with Gasteiger partial charge in [-0.2, -0.15) is 0 Å². The van der Waals surface area contributed by atoms with Crippen LogP contribution in [-0.2, 0) is 14.8 Å². The van der Waals surface area contributed by atoms with Crippen molar-refractivity contribution >= 4 is 33.2 Å². The molecule has 0 aromatic heterocycles. The van der Waals surface area contributed by atoms with Crippen LogP contribution in [-0.4, -0.2) is 35.1 Å². The van der Waals surface area contributed by atoms with Crippen molar-refractivity contribution in [3.8, 4) is 11.5 Å². The van der Waals surface area contributed by atoms with Crippen molar-refractivity contribution in [3.63, 3.8) is 0 Å². The lowest BCUT2D eigenvalue weighted by atomic mass is 10.1. The number of halogens is 1. The van der Waals surface area contributed by atoms with E-state index in [-0.39, 0.29) is 22.4 Å². The normalized spacial score (nSPS) is 12.0. The van der Waals surface area contributed by atoms with E-state index in [0.717, 1.165) is 9.87 Å². The standard InChI is InChI=1S/C24H25ClN2O5S/c1-17(18-9-12-20(31-2)13-10-18)26-24(28)16-27(22-15-19(25)11-14-23(22)32-3)33(29,30)21-7-5-4-6-8-21/h4-15,17H,16H2,1-3H3,(H,26,28)/t17-/m1/s1. The number of benzene rings is 3. The summed E-state index contributed by atoms with van der Waals surface area (Å²) in [4.78, 5) is 13.0. The van der Waals surface area contributed by atoms with E-state index in [9.17, 15) is 13.2 Å². The fraction of sp³-hybridized carbons (Fsp3) is 0.208. The van der Waals surface area contributed by atoms with E-state index < -0.39 is 22.5 Å². The van der Waals surface area contributed by atoms with Gasteiger partial charge in [0.15, 0.2) is 0 Å². The molecule has 0 aliphatic carbocycles. The molecule has 1 N–H and O–H groups in total. The Labute approximate surface area is 198 Å². The highest BCUT2D eigenvalue weighted by Gasteiger charge is 2.30. The van der Waals surface area contributed by atoms with Gasteiger partial charge in [0.2, 0.25) is 5.91 Å². The number of sulfonamides is 1. The van der Waals surface area contributed by atoms with Crippen LogP contribution in [0.2, 0.25) is 5.02 Å². The summed E-state index contributed by atoms with van der Waals surface area (Å²) in [7, 11) is -1.09. The van der Waals surface area contributed by atoms with E-state index in [0.29, 0.717) is 10.8 Å². The molecule has 0 fully saturated rings. The minimum Gasteiger partial charge on any atom is -0.497 e. The van der Waals surface area contributed by atoms with E-state index in [1.165, 1.54) is 25.3 Å². The zero-order chi connectivity index (χ0) is 24.0. The lowest BCUT2D eigenvalue weighted by Crippen LogP contribution is -2.41. The molecule has 0 bridgehead atoms. The highest BCUT2D eigenvalue weighted by atomic mass is 35.5. The lowest BCUT2D eigenvalue weighted by molar-refractivity contribution is -0.120. The SMILES string of the molecule is COc1ccc([C@@H](C)NC(=O)CN(c2cc(Cl)ccc2OC)S(=O)(=O)c2ccccc2)cc1. The molecule has 0 saturated carbocycles. The molecule has 0 aliphatic rings. The van der Waals surface area contributed by atoms with Crippen molar-refractivity contribution in [2.24, 2.45) is 0 Å². The van der Waals surface area contributed by atoms with Crippen molar-refractivity contribution in [1.82, 2.24) is 5.32 Å². The molecule has 0 heterocycles. The molecule has 7 nitrogen and oxygen atoms in total. The molecule has 33 heavy (non-hydrogen) atoms. The second-order valence-electron chi connectivity index (χ2n) is 7.20. The minimum absolute atomic E-state index is 0.0445. The summed E-state index contributed by atoms with van der Waals surface area (Å²) >= 11 is 6.15. The average Bonchev–Trinajstić information content (AvgIpc) is 2.83. The van der Waals surface area contributed by atoms with Gasteiger partial charge in [0.05, 0.1) is 30.8 Å². The number of carbonyl (C=O) groups is 1. The Hall–Kier alpha value is -3.23. The lowest BCUT2D eigenvalue weighted by Gasteiger charge is -2.26. The summed E-state index contributed by atoms with van der Waals surface area (Å²) in [6.07, 6.45) is 0. The number of amides is 1. The molecule has 1 atom stereocenters. The van der Waals surface area contributed by atoms with Crippen LogP contribution in [0, 0.1) is 0 Å². The van der Waals surface area contributed by atoms with Crippen LogP contribution in [0.15, 0.2) is 77.7 Å². The first-order valence-electron chi connectivity index (χ1n) is 10.1. The summed E-state index contributed by atoms with van der Waals surface area (Å²) in [5, 5.41) is 3.16. The Bertz CT molecular complexity index is 1200. The molecular formula is C24H25ClN2O5S. The largest absolute Gasteiger partial charge is 0.497 e. The summed E-state index contributed by atoms with van der Waals surface area (Å²) in [5.41, 5.74) is 1.02. The predicted octanol–water partition coefficient (Wildman–Crippen LogP) is 4.43. The molecule has 3 aromatic rings. The van der Waals surface area contributed by atoms with Gasteiger partial charge in [-0.1, -0.05) is 41.9 Å². The van der Waals surface area contributed by atoms with Crippen molar-refractivity contribution in [2.45, 2.75) is 17.9 Å². The molecule has 0 unspecified atom stereocenters. The number of rotatable bonds is 9.